The molecule has 0 unspecified atom stereocenters. The summed E-state index contributed by atoms with van der Waals surface area (Å²) in [5, 5.41) is 1.14. The molecule has 5 aromatic rings. The average molecular weight is 569 g/mol. The number of rotatable bonds is 8. The second kappa shape index (κ2) is 11.3. The first-order valence-corrected chi connectivity index (χ1v) is 15.0. The number of aromatic amines is 1. The minimum absolute atomic E-state index is 0.180. The summed E-state index contributed by atoms with van der Waals surface area (Å²) in [6.07, 6.45) is 2.46. The third-order valence-corrected chi connectivity index (χ3v) is 9.44. The fourth-order valence-corrected chi connectivity index (χ4v) is 6.79. The zero-order valence-corrected chi connectivity index (χ0v) is 23.9. The SMILES string of the molecule is COc1ccc2c(c1)CN(S(=O)(=O)c1ccc(C)cc1)[C@@H](Cc1ccc(OCc3c[nH]c4ccccc34)cc1)CO2. The van der Waals surface area contributed by atoms with Crippen LogP contribution in [0, 0.1) is 6.92 Å². The molecule has 4 aromatic carbocycles. The van der Waals surface area contributed by atoms with Gasteiger partial charge in [0.05, 0.1) is 18.0 Å². The van der Waals surface area contributed by atoms with E-state index in [-0.39, 0.29) is 18.0 Å². The van der Waals surface area contributed by atoms with Crippen molar-refractivity contribution in [2.24, 2.45) is 0 Å². The maximum Gasteiger partial charge on any atom is 0.243 e. The van der Waals surface area contributed by atoms with Gasteiger partial charge in [0.1, 0.15) is 30.5 Å². The number of sulfonamides is 1. The fraction of sp³-hybridized carbons (Fsp3) is 0.212. The van der Waals surface area contributed by atoms with Crippen LogP contribution in [0.15, 0.2) is 102 Å². The third kappa shape index (κ3) is 5.66. The second-order valence-corrected chi connectivity index (χ2v) is 12.2. The van der Waals surface area contributed by atoms with Crippen molar-refractivity contribution in [3.63, 3.8) is 0 Å². The zero-order chi connectivity index (χ0) is 28.4. The normalized spacial score (nSPS) is 15.6. The van der Waals surface area contributed by atoms with Gasteiger partial charge < -0.3 is 19.2 Å². The lowest BCUT2D eigenvalue weighted by Gasteiger charge is -2.28. The van der Waals surface area contributed by atoms with Gasteiger partial charge in [-0.2, -0.15) is 4.31 Å². The predicted molar refractivity (Wildman–Crippen MR) is 159 cm³/mol. The standard InChI is InChI=1S/C33H32N2O5S/c1-23-7-14-30(15-8-23)41(36,37)35-20-25-18-29(38-2)13-16-33(25)40-22-27(35)17-24-9-11-28(12-10-24)39-21-26-19-34-32-6-4-3-5-31(26)32/h3-16,18-19,27,34H,17,20-22H2,1-2H3/t27-/m0/s1. The Morgan fingerprint density at radius 2 is 1.71 bits per heavy atom. The Labute approximate surface area is 240 Å². The van der Waals surface area contributed by atoms with E-state index in [0.29, 0.717) is 24.5 Å². The number of benzene rings is 4. The third-order valence-electron chi connectivity index (χ3n) is 7.52. The van der Waals surface area contributed by atoms with E-state index in [1.165, 1.54) is 0 Å². The van der Waals surface area contributed by atoms with Crippen molar-refractivity contribution in [1.29, 1.82) is 0 Å². The Hall–Kier alpha value is -4.27. The maximum atomic E-state index is 14.0. The summed E-state index contributed by atoms with van der Waals surface area (Å²) >= 11 is 0. The van der Waals surface area contributed by atoms with Gasteiger partial charge in [0.25, 0.3) is 0 Å². The van der Waals surface area contributed by atoms with Crippen LogP contribution in [-0.2, 0) is 29.6 Å². The molecule has 1 atom stereocenters. The number of H-pyrrole nitrogens is 1. The highest BCUT2D eigenvalue weighted by Gasteiger charge is 2.35. The summed E-state index contributed by atoms with van der Waals surface area (Å²) in [6, 6.07) is 28.0. The van der Waals surface area contributed by atoms with Gasteiger partial charge in [-0.25, -0.2) is 8.42 Å². The molecular weight excluding hydrogens is 536 g/mol. The number of methoxy groups -OCH3 is 1. The molecule has 1 aliphatic heterocycles. The number of fused-ring (bicyclic) bond motifs is 2. The quantitative estimate of drug-likeness (QED) is 0.239. The van der Waals surface area contributed by atoms with Crippen LogP contribution in [-0.4, -0.2) is 37.5 Å². The number of nitrogens with zero attached hydrogens (tertiary/aromatic N) is 1. The molecule has 1 aliphatic rings. The molecule has 6 rings (SSSR count). The molecule has 41 heavy (non-hydrogen) atoms. The van der Waals surface area contributed by atoms with Crippen LogP contribution in [0.1, 0.15) is 22.3 Å². The van der Waals surface area contributed by atoms with E-state index in [4.69, 9.17) is 14.2 Å². The first-order valence-electron chi connectivity index (χ1n) is 13.6. The van der Waals surface area contributed by atoms with Crippen molar-refractivity contribution in [2.45, 2.75) is 37.4 Å². The molecule has 0 bridgehead atoms. The molecule has 0 saturated heterocycles. The highest BCUT2D eigenvalue weighted by molar-refractivity contribution is 7.89. The Balaban J connectivity index is 1.23. The molecule has 8 heteroatoms. The number of hydrogen-bond donors (Lipinski definition) is 1. The lowest BCUT2D eigenvalue weighted by molar-refractivity contribution is 0.219. The van der Waals surface area contributed by atoms with Gasteiger partial charge in [0.15, 0.2) is 0 Å². The Morgan fingerprint density at radius 3 is 2.49 bits per heavy atom. The lowest BCUT2D eigenvalue weighted by Crippen LogP contribution is -2.43. The highest BCUT2D eigenvalue weighted by Crippen LogP contribution is 2.33. The minimum atomic E-state index is -3.81. The summed E-state index contributed by atoms with van der Waals surface area (Å²) in [5.41, 5.74) is 4.93. The summed E-state index contributed by atoms with van der Waals surface area (Å²) in [6.45, 7) is 2.79. The topological polar surface area (TPSA) is 80.9 Å². The van der Waals surface area contributed by atoms with Gasteiger partial charge in [-0.15, -0.1) is 0 Å². The average Bonchev–Trinajstić information content (AvgIpc) is 3.31. The summed E-state index contributed by atoms with van der Waals surface area (Å²) < 4.78 is 47.1. The van der Waals surface area contributed by atoms with Crippen LogP contribution in [0.4, 0.5) is 0 Å². The molecule has 0 aliphatic carbocycles. The van der Waals surface area contributed by atoms with Crippen LogP contribution in [0.2, 0.25) is 0 Å². The molecule has 0 fully saturated rings. The van der Waals surface area contributed by atoms with Gasteiger partial charge in [0.2, 0.25) is 10.0 Å². The van der Waals surface area contributed by atoms with Crippen molar-refractivity contribution >= 4 is 20.9 Å². The Bertz CT molecular complexity index is 1760. The van der Waals surface area contributed by atoms with Crippen LogP contribution in [0.5, 0.6) is 17.2 Å². The van der Waals surface area contributed by atoms with Crippen LogP contribution >= 0.6 is 0 Å². The van der Waals surface area contributed by atoms with Crippen molar-refractivity contribution in [1.82, 2.24) is 9.29 Å². The van der Waals surface area contributed by atoms with E-state index >= 15 is 0 Å². The van der Waals surface area contributed by atoms with Gasteiger partial charge in [-0.05, 0) is 67.4 Å². The van der Waals surface area contributed by atoms with Crippen LogP contribution in [0.3, 0.4) is 0 Å². The van der Waals surface area contributed by atoms with Crippen molar-refractivity contribution < 1.29 is 22.6 Å². The van der Waals surface area contributed by atoms with Crippen molar-refractivity contribution in [3.8, 4) is 17.2 Å². The first kappa shape index (κ1) is 26.9. The molecule has 0 radical (unpaired) electrons. The maximum absolute atomic E-state index is 14.0. The Kier molecular flexibility index (Phi) is 7.43. The first-order chi connectivity index (χ1) is 19.9. The van der Waals surface area contributed by atoms with Crippen LogP contribution < -0.4 is 14.2 Å². The van der Waals surface area contributed by atoms with E-state index in [0.717, 1.165) is 38.9 Å². The number of ether oxygens (including phenoxy) is 3. The fourth-order valence-electron chi connectivity index (χ4n) is 5.21. The number of para-hydroxylation sites is 1. The molecule has 7 nitrogen and oxygen atoms in total. The number of nitrogens with one attached hydrogen (secondary N) is 1. The molecule has 210 valence electrons. The molecule has 0 saturated carbocycles. The van der Waals surface area contributed by atoms with E-state index in [9.17, 15) is 8.42 Å². The van der Waals surface area contributed by atoms with E-state index < -0.39 is 16.1 Å². The molecule has 2 heterocycles. The number of aryl methyl sites for hydroxylation is 1. The summed E-state index contributed by atoms with van der Waals surface area (Å²) in [4.78, 5) is 3.54. The van der Waals surface area contributed by atoms with Gasteiger partial charge in [-0.3, -0.25) is 0 Å². The predicted octanol–water partition coefficient (Wildman–Crippen LogP) is 6.26. The minimum Gasteiger partial charge on any atom is -0.497 e. The smallest absolute Gasteiger partial charge is 0.243 e. The zero-order valence-electron chi connectivity index (χ0n) is 23.0. The van der Waals surface area contributed by atoms with E-state index in [1.807, 2.05) is 85.9 Å². The van der Waals surface area contributed by atoms with Gasteiger partial charge in [0, 0.05) is 34.8 Å². The summed E-state index contributed by atoms with van der Waals surface area (Å²) in [5.74, 6) is 2.07. The monoisotopic (exact) mass is 568 g/mol. The van der Waals surface area contributed by atoms with Gasteiger partial charge in [-0.1, -0.05) is 48.0 Å². The number of aromatic nitrogens is 1. The van der Waals surface area contributed by atoms with E-state index in [2.05, 4.69) is 11.1 Å². The molecular formula is C33H32N2O5S. The van der Waals surface area contributed by atoms with Crippen molar-refractivity contribution in [3.05, 3.63) is 119 Å². The van der Waals surface area contributed by atoms with E-state index in [1.54, 1.807) is 23.5 Å². The largest absolute Gasteiger partial charge is 0.497 e. The Morgan fingerprint density at radius 1 is 0.951 bits per heavy atom. The van der Waals surface area contributed by atoms with Crippen LogP contribution in [0.25, 0.3) is 10.9 Å². The number of hydrogen-bond acceptors (Lipinski definition) is 5. The molecule has 0 spiro atoms. The molecule has 0 amide bonds. The molecule has 1 N–H and O–H groups in total. The highest BCUT2D eigenvalue weighted by atomic mass is 32.2. The summed E-state index contributed by atoms with van der Waals surface area (Å²) in [7, 11) is -2.21. The van der Waals surface area contributed by atoms with Crippen molar-refractivity contribution in [2.75, 3.05) is 13.7 Å². The lowest BCUT2D eigenvalue weighted by atomic mass is 10.1. The van der Waals surface area contributed by atoms with Gasteiger partial charge >= 0.3 is 0 Å². The molecule has 1 aromatic heterocycles. The second-order valence-electron chi connectivity index (χ2n) is 10.3.